The molecule has 7 heteroatoms. The molecule has 0 radical (unpaired) electrons. The van der Waals surface area contributed by atoms with Gasteiger partial charge in [0.15, 0.2) is 5.69 Å². The summed E-state index contributed by atoms with van der Waals surface area (Å²) in [6.45, 7) is 0. The van der Waals surface area contributed by atoms with Crippen LogP contribution in [0.25, 0.3) is 5.69 Å². The molecule has 2 N–H and O–H groups in total. The van der Waals surface area contributed by atoms with Crippen LogP contribution in [0.15, 0.2) is 60.8 Å². The van der Waals surface area contributed by atoms with Crippen LogP contribution in [0.5, 0.6) is 0 Å². The lowest BCUT2D eigenvalue weighted by Gasteiger charge is -2.11. The first-order chi connectivity index (χ1) is 12.0. The van der Waals surface area contributed by atoms with Gasteiger partial charge in [-0.05, 0) is 35.9 Å². The molecule has 1 aromatic heterocycles. The van der Waals surface area contributed by atoms with Gasteiger partial charge in [0.25, 0.3) is 0 Å². The number of carboxylic acids is 1. The molecule has 0 bridgehead atoms. The molecule has 3 aromatic rings. The van der Waals surface area contributed by atoms with Crippen molar-refractivity contribution in [2.75, 3.05) is 5.32 Å². The zero-order valence-electron chi connectivity index (χ0n) is 13.0. The van der Waals surface area contributed by atoms with Gasteiger partial charge in [0.1, 0.15) is 0 Å². The summed E-state index contributed by atoms with van der Waals surface area (Å²) in [6, 6.07) is 15.5. The van der Waals surface area contributed by atoms with Crippen LogP contribution < -0.4 is 5.32 Å². The zero-order valence-corrected chi connectivity index (χ0v) is 13.8. The molecule has 126 valence electrons. The molecule has 0 fully saturated rings. The van der Waals surface area contributed by atoms with Crippen molar-refractivity contribution in [2.45, 2.75) is 6.42 Å². The van der Waals surface area contributed by atoms with E-state index in [0.717, 1.165) is 5.56 Å². The summed E-state index contributed by atoms with van der Waals surface area (Å²) < 4.78 is 1.42. The molecular formula is C18H14ClN3O3. The number of carboxylic acid groups (broad SMARTS) is 1. The maximum atomic E-state index is 12.3. The summed E-state index contributed by atoms with van der Waals surface area (Å²) >= 11 is 5.93. The molecule has 6 nitrogen and oxygen atoms in total. The SMILES string of the molecule is O=C(Cc1cccc(Cl)c1)Nc1ccccc1-n1ccc(C(=O)O)n1. The maximum Gasteiger partial charge on any atom is 0.356 e. The maximum absolute atomic E-state index is 12.3. The Labute approximate surface area is 148 Å². The third-order valence-corrected chi connectivity index (χ3v) is 3.72. The summed E-state index contributed by atoms with van der Waals surface area (Å²) in [5, 5.41) is 16.4. The van der Waals surface area contributed by atoms with Crippen molar-refractivity contribution >= 4 is 29.2 Å². The van der Waals surface area contributed by atoms with Crippen LogP contribution in [-0.2, 0) is 11.2 Å². The summed E-state index contributed by atoms with van der Waals surface area (Å²) in [6.07, 6.45) is 1.71. The van der Waals surface area contributed by atoms with E-state index in [1.807, 2.05) is 6.07 Å². The fourth-order valence-corrected chi connectivity index (χ4v) is 2.59. The Morgan fingerprint density at radius 3 is 2.64 bits per heavy atom. The first kappa shape index (κ1) is 16.7. The summed E-state index contributed by atoms with van der Waals surface area (Å²) in [5.41, 5.74) is 1.85. The van der Waals surface area contributed by atoms with Crippen molar-refractivity contribution in [1.29, 1.82) is 0 Å². The topological polar surface area (TPSA) is 84.2 Å². The highest BCUT2D eigenvalue weighted by Gasteiger charge is 2.12. The van der Waals surface area contributed by atoms with Gasteiger partial charge in [-0.1, -0.05) is 35.9 Å². The number of aromatic carboxylic acids is 1. The van der Waals surface area contributed by atoms with E-state index in [9.17, 15) is 9.59 Å². The molecule has 0 saturated heterocycles. The van der Waals surface area contributed by atoms with E-state index >= 15 is 0 Å². The molecular weight excluding hydrogens is 342 g/mol. The minimum absolute atomic E-state index is 0.0694. The zero-order chi connectivity index (χ0) is 17.8. The van der Waals surface area contributed by atoms with Gasteiger partial charge in [-0.2, -0.15) is 5.10 Å². The number of anilines is 1. The lowest BCUT2D eigenvalue weighted by molar-refractivity contribution is -0.115. The van der Waals surface area contributed by atoms with Crippen LogP contribution in [0.4, 0.5) is 5.69 Å². The first-order valence-corrected chi connectivity index (χ1v) is 7.83. The number of benzene rings is 2. The number of rotatable bonds is 5. The molecule has 25 heavy (non-hydrogen) atoms. The molecule has 0 spiro atoms. The lowest BCUT2D eigenvalue weighted by atomic mass is 10.1. The molecule has 1 amide bonds. The standard InChI is InChI=1S/C18H14ClN3O3/c19-13-5-3-4-12(10-13)11-17(23)20-14-6-1-2-7-16(14)22-9-8-15(21-22)18(24)25/h1-10H,11H2,(H,20,23)(H,24,25). The Bertz CT molecular complexity index is 937. The predicted molar refractivity (Wildman–Crippen MR) is 94.3 cm³/mol. The smallest absolute Gasteiger partial charge is 0.356 e. The van der Waals surface area contributed by atoms with Gasteiger partial charge in [0, 0.05) is 11.2 Å². The van der Waals surface area contributed by atoms with Gasteiger partial charge in [-0.15, -0.1) is 0 Å². The third-order valence-electron chi connectivity index (χ3n) is 3.49. The predicted octanol–water partition coefficient (Wildman–Crippen LogP) is 3.41. The van der Waals surface area contributed by atoms with Crippen LogP contribution in [-0.4, -0.2) is 26.8 Å². The van der Waals surface area contributed by atoms with Gasteiger partial charge in [0.05, 0.1) is 17.8 Å². The molecule has 0 aliphatic carbocycles. The molecule has 0 aliphatic heterocycles. The number of amides is 1. The van der Waals surface area contributed by atoms with Crippen molar-refractivity contribution < 1.29 is 14.7 Å². The number of hydrogen-bond donors (Lipinski definition) is 2. The number of hydrogen-bond acceptors (Lipinski definition) is 3. The van der Waals surface area contributed by atoms with Gasteiger partial charge < -0.3 is 10.4 Å². The molecule has 2 aromatic carbocycles. The Kier molecular flexibility index (Phi) is 4.81. The van der Waals surface area contributed by atoms with Gasteiger partial charge >= 0.3 is 5.97 Å². The minimum Gasteiger partial charge on any atom is -0.476 e. The highest BCUT2D eigenvalue weighted by molar-refractivity contribution is 6.30. The average Bonchev–Trinajstić information content (AvgIpc) is 3.05. The quantitative estimate of drug-likeness (QED) is 0.734. The molecule has 3 rings (SSSR count). The van der Waals surface area contributed by atoms with Crippen molar-refractivity contribution in [1.82, 2.24) is 9.78 Å². The number of halogens is 1. The van der Waals surface area contributed by atoms with E-state index in [4.69, 9.17) is 16.7 Å². The van der Waals surface area contributed by atoms with Crippen LogP contribution in [0.1, 0.15) is 16.1 Å². The molecule has 0 aliphatic rings. The first-order valence-electron chi connectivity index (χ1n) is 7.45. The monoisotopic (exact) mass is 355 g/mol. The third kappa shape index (κ3) is 4.05. The summed E-state index contributed by atoms with van der Waals surface area (Å²) in [4.78, 5) is 23.3. The second-order valence-electron chi connectivity index (χ2n) is 5.32. The number of aromatic nitrogens is 2. The Morgan fingerprint density at radius 2 is 1.92 bits per heavy atom. The van der Waals surface area contributed by atoms with E-state index in [2.05, 4.69) is 10.4 Å². The fraction of sp³-hybridized carbons (Fsp3) is 0.0556. The Morgan fingerprint density at radius 1 is 1.12 bits per heavy atom. The van der Waals surface area contributed by atoms with Gasteiger partial charge in [-0.25, -0.2) is 9.48 Å². The highest BCUT2D eigenvalue weighted by Crippen LogP contribution is 2.20. The van der Waals surface area contributed by atoms with Crippen molar-refractivity contribution in [2.24, 2.45) is 0 Å². The average molecular weight is 356 g/mol. The van der Waals surface area contributed by atoms with Crippen LogP contribution in [0.2, 0.25) is 5.02 Å². The number of carbonyl (C=O) groups excluding carboxylic acids is 1. The number of carbonyl (C=O) groups is 2. The van der Waals surface area contributed by atoms with Crippen LogP contribution >= 0.6 is 11.6 Å². The Balaban J connectivity index is 1.80. The van der Waals surface area contributed by atoms with Gasteiger partial charge in [-0.3, -0.25) is 4.79 Å². The van der Waals surface area contributed by atoms with E-state index in [-0.39, 0.29) is 18.0 Å². The van der Waals surface area contributed by atoms with Gasteiger partial charge in [0.2, 0.25) is 5.91 Å². The van der Waals surface area contributed by atoms with Crippen LogP contribution in [0.3, 0.4) is 0 Å². The molecule has 1 heterocycles. The molecule has 0 unspecified atom stereocenters. The molecule has 0 atom stereocenters. The summed E-state index contributed by atoms with van der Waals surface area (Å²) in [5.74, 6) is -1.32. The second-order valence-corrected chi connectivity index (χ2v) is 5.76. The highest BCUT2D eigenvalue weighted by atomic mass is 35.5. The Hall–Kier alpha value is -3.12. The molecule has 0 saturated carbocycles. The lowest BCUT2D eigenvalue weighted by Crippen LogP contribution is -2.16. The summed E-state index contributed by atoms with van der Waals surface area (Å²) in [7, 11) is 0. The largest absolute Gasteiger partial charge is 0.476 e. The van der Waals surface area contributed by atoms with E-state index in [1.165, 1.54) is 16.9 Å². The van der Waals surface area contributed by atoms with E-state index < -0.39 is 5.97 Å². The van der Waals surface area contributed by atoms with E-state index in [1.54, 1.807) is 42.5 Å². The van der Waals surface area contributed by atoms with Crippen LogP contribution in [0, 0.1) is 0 Å². The fourth-order valence-electron chi connectivity index (χ4n) is 2.38. The second kappa shape index (κ2) is 7.19. The minimum atomic E-state index is -1.11. The number of para-hydroxylation sites is 2. The van der Waals surface area contributed by atoms with Crippen molar-refractivity contribution in [3.63, 3.8) is 0 Å². The van der Waals surface area contributed by atoms with Crippen molar-refractivity contribution in [3.8, 4) is 5.69 Å². The normalized spacial score (nSPS) is 10.4. The van der Waals surface area contributed by atoms with E-state index in [0.29, 0.717) is 16.4 Å². The number of nitrogens with zero attached hydrogens (tertiary/aromatic N) is 2. The number of nitrogens with one attached hydrogen (secondary N) is 1. The van der Waals surface area contributed by atoms with Crippen molar-refractivity contribution in [3.05, 3.63) is 77.1 Å².